The summed E-state index contributed by atoms with van der Waals surface area (Å²) in [4.78, 5) is 14.0. The molecule has 0 fully saturated rings. The average Bonchev–Trinajstić information content (AvgIpc) is 3.01. The Morgan fingerprint density at radius 3 is 2.95 bits per heavy atom. The summed E-state index contributed by atoms with van der Waals surface area (Å²) >= 11 is 0. The summed E-state index contributed by atoms with van der Waals surface area (Å²) in [5, 5.41) is 12.7. The highest BCUT2D eigenvalue weighted by Crippen LogP contribution is 2.14. The third-order valence-corrected chi connectivity index (χ3v) is 3.07. The lowest BCUT2D eigenvalue weighted by molar-refractivity contribution is 0.196. The van der Waals surface area contributed by atoms with Gasteiger partial charge in [-0.05, 0) is 24.6 Å². The van der Waals surface area contributed by atoms with Crippen molar-refractivity contribution in [2.24, 2.45) is 0 Å². The first-order chi connectivity index (χ1) is 10.2. The molecule has 0 unspecified atom stereocenters. The number of carbonyl (C=O) groups is 1. The molecule has 1 aromatic heterocycles. The first kappa shape index (κ1) is 14.6. The molecule has 0 radical (unpaired) electrons. The molecule has 0 N–H and O–H groups in total. The molecule has 6 nitrogen and oxygen atoms in total. The fraction of sp³-hybridized carbons (Fsp3) is 0.267. The van der Waals surface area contributed by atoms with Crippen LogP contribution in [0, 0.1) is 11.3 Å². The summed E-state index contributed by atoms with van der Waals surface area (Å²) in [6.07, 6.45) is 2.80. The van der Waals surface area contributed by atoms with Gasteiger partial charge in [0.15, 0.2) is 0 Å². The van der Waals surface area contributed by atoms with Gasteiger partial charge in [0, 0.05) is 13.1 Å². The van der Waals surface area contributed by atoms with E-state index in [1.54, 1.807) is 12.0 Å². The maximum atomic E-state index is 12.3. The number of amides is 1. The second kappa shape index (κ2) is 6.57. The zero-order valence-corrected chi connectivity index (χ0v) is 12.0. The van der Waals surface area contributed by atoms with Crippen molar-refractivity contribution < 1.29 is 9.53 Å². The molecule has 0 atom stereocenters. The number of benzene rings is 1. The van der Waals surface area contributed by atoms with E-state index < -0.39 is 0 Å². The monoisotopic (exact) mass is 284 g/mol. The fourth-order valence-corrected chi connectivity index (χ4v) is 1.94. The van der Waals surface area contributed by atoms with Gasteiger partial charge >= 0.3 is 6.03 Å². The van der Waals surface area contributed by atoms with Crippen LogP contribution in [-0.4, -0.2) is 34.4 Å². The molecular formula is C15H16N4O2. The molecule has 0 aliphatic rings. The molecule has 1 heterocycles. The average molecular weight is 284 g/mol. The molecule has 6 heteroatoms. The van der Waals surface area contributed by atoms with E-state index in [0.717, 1.165) is 11.3 Å². The second-order valence-electron chi connectivity index (χ2n) is 4.43. The van der Waals surface area contributed by atoms with Gasteiger partial charge in [-0.1, -0.05) is 12.1 Å². The van der Waals surface area contributed by atoms with Gasteiger partial charge < -0.3 is 9.64 Å². The number of carbonyl (C=O) groups excluding carboxylic acids is 1. The summed E-state index contributed by atoms with van der Waals surface area (Å²) in [6, 6.07) is 9.25. The van der Waals surface area contributed by atoms with E-state index in [-0.39, 0.29) is 6.03 Å². The Morgan fingerprint density at radius 1 is 1.52 bits per heavy atom. The summed E-state index contributed by atoms with van der Waals surface area (Å²) < 4.78 is 6.36. The Morgan fingerprint density at radius 2 is 2.33 bits per heavy atom. The number of nitrogens with zero attached hydrogens (tertiary/aromatic N) is 4. The fourth-order valence-electron chi connectivity index (χ4n) is 1.94. The van der Waals surface area contributed by atoms with Gasteiger partial charge in [0.2, 0.25) is 0 Å². The molecule has 1 amide bonds. The van der Waals surface area contributed by atoms with E-state index in [9.17, 15) is 4.79 Å². The lowest BCUT2D eigenvalue weighted by Crippen LogP contribution is -2.34. The predicted molar refractivity (Wildman–Crippen MR) is 76.8 cm³/mol. The highest BCUT2D eigenvalue weighted by molar-refractivity contribution is 5.76. The van der Waals surface area contributed by atoms with Crippen LogP contribution < -0.4 is 4.74 Å². The maximum absolute atomic E-state index is 12.3. The van der Waals surface area contributed by atoms with Crippen molar-refractivity contribution in [3.8, 4) is 11.8 Å². The molecule has 0 aliphatic heterocycles. The van der Waals surface area contributed by atoms with Crippen molar-refractivity contribution in [3.05, 3.63) is 47.8 Å². The summed E-state index contributed by atoms with van der Waals surface area (Å²) in [5.41, 5.74) is 1.33. The molecule has 2 aromatic rings. The summed E-state index contributed by atoms with van der Waals surface area (Å²) in [6.45, 7) is 2.89. The molecule has 0 aliphatic carbocycles. The summed E-state index contributed by atoms with van der Waals surface area (Å²) in [5.74, 6) is 0.752. The van der Waals surface area contributed by atoms with Crippen molar-refractivity contribution in [1.82, 2.24) is 14.7 Å². The van der Waals surface area contributed by atoms with Crippen LogP contribution in [0.1, 0.15) is 18.1 Å². The largest absolute Gasteiger partial charge is 0.497 e. The Hall–Kier alpha value is -2.81. The zero-order valence-electron chi connectivity index (χ0n) is 12.0. The van der Waals surface area contributed by atoms with E-state index in [2.05, 4.69) is 5.10 Å². The molecule has 1 aromatic carbocycles. The lowest BCUT2D eigenvalue weighted by Gasteiger charge is -2.20. The minimum Gasteiger partial charge on any atom is -0.497 e. The van der Waals surface area contributed by atoms with Crippen LogP contribution in [0.3, 0.4) is 0 Å². The molecule has 0 saturated carbocycles. The van der Waals surface area contributed by atoms with Crippen molar-refractivity contribution in [2.75, 3.05) is 13.7 Å². The number of hydrogen-bond donors (Lipinski definition) is 0. The van der Waals surface area contributed by atoms with Crippen LogP contribution in [-0.2, 0) is 6.54 Å². The van der Waals surface area contributed by atoms with Gasteiger partial charge in [0.1, 0.15) is 11.8 Å². The van der Waals surface area contributed by atoms with Crippen LogP contribution >= 0.6 is 0 Å². The smallest absolute Gasteiger partial charge is 0.344 e. The van der Waals surface area contributed by atoms with Crippen LogP contribution in [0.25, 0.3) is 0 Å². The van der Waals surface area contributed by atoms with E-state index in [1.807, 2.05) is 37.3 Å². The molecule has 0 spiro atoms. The summed E-state index contributed by atoms with van der Waals surface area (Å²) in [7, 11) is 1.61. The van der Waals surface area contributed by atoms with Crippen molar-refractivity contribution >= 4 is 6.03 Å². The van der Waals surface area contributed by atoms with E-state index in [4.69, 9.17) is 10.00 Å². The normalized spacial score (nSPS) is 9.95. The zero-order chi connectivity index (χ0) is 15.2. The Labute approximate surface area is 123 Å². The van der Waals surface area contributed by atoms with Crippen molar-refractivity contribution in [3.63, 3.8) is 0 Å². The molecule has 21 heavy (non-hydrogen) atoms. The van der Waals surface area contributed by atoms with Gasteiger partial charge in [-0.3, -0.25) is 0 Å². The third kappa shape index (κ3) is 3.39. The Balaban J connectivity index is 2.15. The lowest BCUT2D eigenvalue weighted by atomic mass is 10.2. The minimum absolute atomic E-state index is 0.262. The molecular weight excluding hydrogens is 268 g/mol. The van der Waals surface area contributed by atoms with Crippen molar-refractivity contribution in [2.45, 2.75) is 13.5 Å². The minimum atomic E-state index is -0.262. The van der Waals surface area contributed by atoms with Gasteiger partial charge in [-0.2, -0.15) is 15.0 Å². The van der Waals surface area contributed by atoms with Crippen LogP contribution in [0.15, 0.2) is 36.7 Å². The number of rotatable bonds is 4. The number of nitriles is 1. The number of hydrogen-bond acceptors (Lipinski definition) is 4. The number of aromatic nitrogens is 2. The molecule has 0 saturated heterocycles. The molecule has 2 rings (SSSR count). The van der Waals surface area contributed by atoms with Gasteiger partial charge in [0.05, 0.1) is 25.1 Å². The number of methoxy groups -OCH3 is 1. The first-order valence-corrected chi connectivity index (χ1v) is 6.55. The van der Waals surface area contributed by atoms with Gasteiger partial charge in [-0.25, -0.2) is 4.79 Å². The van der Waals surface area contributed by atoms with E-state index in [1.165, 1.54) is 17.1 Å². The quantitative estimate of drug-likeness (QED) is 0.863. The second-order valence-corrected chi connectivity index (χ2v) is 4.43. The molecule has 0 bridgehead atoms. The van der Waals surface area contributed by atoms with Crippen molar-refractivity contribution in [1.29, 1.82) is 5.26 Å². The highest BCUT2D eigenvalue weighted by atomic mass is 16.5. The standard InChI is InChI=1S/C15H16N4O2/c1-3-18(10-12-5-4-6-14(7-12)21-2)15(20)19-11-13(8-16)9-17-19/h4-7,9,11H,3,10H2,1-2H3. The Bertz CT molecular complexity index is 672. The number of ether oxygens (including phenoxy) is 1. The van der Waals surface area contributed by atoms with Crippen LogP contribution in [0.2, 0.25) is 0 Å². The van der Waals surface area contributed by atoms with Gasteiger partial charge in [0.25, 0.3) is 0 Å². The van der Waals surface area contributed by atoms with Gasteiger partial charge in [-0.15, -0.1) is 0 Å². The van der Waals surface area contributed by atoms with Crippen LogP contribution in [0.4, 0.5) is 4.79 Å². The van der Waals surface area contributed by atoms with E-state index >= 15 is 0 Å². The van der Waals surface area contributed by atoms with E-state index in [0.29, 0.717) is 18.7 Å². The predicted octanol–water partition coefficient (Wildman–Crippen LogP) is 2.25. The maximum Gasteiger partial charge on any atom is 0.344 e. The third-order valence-electron chi connectivity index (χ3n) is 3.07. The first-order valence-electron chi connectivity index (χ1n) is 6.55. The SMILES string of the molecule is CCN(Cc1cccc(OC)c1)C(=O)n1cc(C#N)cn1. The highest BCUT2D eigenvalue weighted by Gasteiger charge is 2.15. The van der Waals surface area contributed by atoms with Crippen LogP contribution in [0.5, 0.6) is 5.75 Å². The molecule has 108 valence electrons. The topological polar surface area (TPSA) is 71.2 Å². The Kier molecular flexibility index (Phi) is 4.57.